The smallest absolute Gasteiger partial charge is 0.124 e. The first-order valence-corrected chi connectivity index (χ1v) is 4.31. The molecule has 1 heteroatoms. The molecule has 0 N–H and O–H groups in total. The molecule has 0 saturated carbocycles. The Kier molecular flexibility index (Phi) is 3.69. The fraction of sp³-hybridized carbons (Fsp3) is 0.0769. The van der Waals surface area contributed by atoms with Gasteiger partial charge in [0.1, 0.15) is 5.82 Å². The van der Waals surface area contributed by atoms with Crippen molar-refractivity contribution in [3.8, 4) is 11.8 Å². The summed E-state index contributed by atoms with van der Waals surface area (Å²) in [6.07, 6.45) is 3.68. The molecule has 70 valence electrons. The molecule has 1 rings (SSSR count). The highest BCUT2D eigenvalue weighted by molar-refractivity contribution is 5.43. The molecule has 0 saturated heterocycles. The van der Waals surface area contributed by atoms with Gasteiger partial charge in [-0.25, -0.2) is 4.39 Å². The number of benzene rings is 1. The maximum absolute atomic E-state index is 12.7. The van der Waals surface area contributed by atoms with Crippen LogP contribution in [0.15, 0.2) is 48.6 Å². The Morgan fingerprint density at radius 1 is 1.50 bits per heavy atom. The van der Waals surface area contributed by atoms with Crippen molar-refractivity contribution in [2.45, 2.75) is 6.92 Å². The lowest BCUT2D eigenvalue weighted by Crippen LogP contribution is -1.77. The van der Waals surface area contributed by atoms with E-state index in [2.05, 4.69) is 18.4 Å². The molecule has 0 radical (unpaired) electrons. The summed E-state index contributed by atoms with van der Waals surface area (Å²) < 4.78 is 12.7. The molecule has 0 atom stereocenters. The quantitative estimate of drug-likeness (QED) is 0.466. The third-order valence-corrected chi connectivity index (χ3v) is 1.56. The molecule has 0 nitrogen and oxygen atoms in total. The molecule has 0 fully saturated rings. The third-order valence-electron chi connectivity index (χ3n) is 1.56. The molecule has 0 unspecified atom stereocenters. The van der Waals surface area contributed by atoms with E-state index >= 15 is 0 Å². The lowest BCUT2D eigenvalue weighted by molar-refractivity contribution is 0.627. The van der Waals surface area contributed by atoms with Gasteiger partial charge in [-0.1, -0.05) is 36.6 Å². The van der Waals surface area contributed by atoms with Crippen molar-refractivity contribution >= 4 is 0 Å². The lowest BCUT2D eigenvalue weighted by atomic mass is 10.2. The summed E-state index contributed by atoms with van der Waals surface area (Å²) in [6.45, 7) is 5.63. The number of rotatable bonds is 1. The second-order valence-corrected chi connectivity index (χ2v) is 2.79. The van der Waals surface area contributed by atoms with Gasteiger partial charge in [-0.3, -0.25) is 0 Å². The van der Waals surface area contributed by atoms with E-state index in [0.29, 0.717) is 5.56 Å². The van der Waals surface area contributed by atoms with Crippen LogP contribution in [-0.4, -0.2) is 0 Å². The van der Waals surface area contributed by atoms with Crippen molar-refractivity contribution in [1.82, 2.24) is 0 Å². The van der Waals surface area contributed by atoms with Crippen LogP contribution < -0.4 is 0 Å². The second-order valence-electron chi connectivity index (χ2n) is 2.79. The zero-order valence-corrected chi connectivity index (χ0v) is 8.05. The molecule has 0 heterocycles. The molecule has 0 aliphatic heterocycles. The van der Waals surface area contributed by atoms with Gasteiger partial charge in [0.25, 0.3) is 0 Å². The largest absolute Gasteiger partial charge is 0.207 e. The van der Waals surface area contributed by atoms with E-state index in [0.717, 1.165) is 5.57 Å². The summed E-state index contributed by atoms with van der Waals surface area (Å²) in [7, 11) is 0. The fourth-order valence-corrected chi connectivity index (χ4v) is 0.962. The molecule has 0 aromatic heterocycles. The van der Waals surface area contributed by atoms with Gasteiger partial charge >= 0.3 is 0 Å². The standard InChI is InChI=1S/C13H11F/c1-3-5-11(2)8-9-12-6-4-7-13(14)10-12/h3-7,10H,2H2,1H3. The van der Waals surface area contributed by atoms with Crippen molar-refractivity contribution in [2.24, 2.45) is 0 Å². The molecule has 1 aromatic rings. The first kappa shape index (κ1) is 10.3. The van der Waals surface area contributed by atoms with Gasteiger partial charge in [0.05, 0.1) is 0 Å². The fourth-order valence-electron chi connectivity index (χ4n) is 0.962. The predicted octanol–water partition coefficient (Wildman–Crippen LogP) is 3.31. The molecule has 0 aliphatic carbocycles. The summed E-state index contributed by atoms with van der Waals surface area (Å²) >= 11 is 0. The van der Waals surface area contributed by atoms with Crippen LogP contribution in [0.1, 0.15) is 12.5 Å². The predicted molar refractivity (Wildman–Crippen MR) is 57.2 cm³/mol. The number of halogens is 1. The zero-order chi connectivity index (χ0) is 10.4. The van der Waals surface area contributed by atoms with Crippen LogP contribution in [0, 0.1) is 17.7 Å². The van der Waals surface area contributed by atoms with Crippen LogP contribution in [-0.2, 0) is 0 Å². The second kappa shape index (κ2) is 5.04. The maximum Gasteiger partial charge on any atom is 0.124 e. The maximum atomic E-state index is 12.7. The van der Waals surface area contributed by atoms with Crippen LogP contribution >= 0.6 is 0 Å². The molecule has 1 aromatic carbocycles. The monoisotopic (exact) mass is 186 g/mol. The van der Waals surface area contributed by atoms with E-state index in [1.807, 2.05) is 19.1 Å². The molecule has 0 aliphatic rings. The van der Waals surface area contributed by atoms with Crippen molar-refractivity contribution in [1.29, 1.82) is 0 Å². The molecular formula is C13H11F. The summed E-state index contributed by atoms with van der Waals surface area (Å²) in [6, 6.07) is 6.19. The Balaban J connectivity index is 2.82. The van der Waals surface area contributed by atoms with Gasteiger partial charge in [-0.05, 0) is 25.1 Å². The lowest BCUT2D eigenvalue weighted by Gasteiger charge is -1.89. The highest BCUT2D eigenvalue weighted by atomic mass is 19.1. The zero-order valence-electron chi connectivity index (χ0n) is 8.05. The topological polar surface area (TPSA) is 0 Å². The van der Waals surface area contributed by atoms with Crippen LogP contribution in [0.3, 0.4) is 0 Å². The van der Waals surface area contributed by atoms with Crippen LogP contribution in [0.25, 0.3) is 0 Å². The molecule has 14 heavy (non-hydrogen) atoms. The molecule has 0 bridgehead atoms. The number of allylic oxidation sites excluding steroid dienone is 3. The minimum absolute atomic E-state index is 0.270. The molecule has 0 amide bonds. The summed E-state index contributed by atoms with van der Waals surface area (Å²) in [5, 5.41) is 0. The van der Waals surface area contributed by atoms with Crippen LogP contribution in [0.4, 0.5) is 4.39 Å². The summed E-state index contributed by atoms with van der Waals surface area (Å²) in [4.78, 5) is 0. The van der Waals surface area contributed by atoms with E-state index in [-0.39, 0.29) is 5.82 Å². The third kappa shape index (κ3) is 3.28. The Labute approximate surface area is 83.8 Å². The average Bonchev–Trinajstić information content (AvgIpc) is 2.15. The normalized spacial score (nSPS) is 9.57. The minimum Gasteiger partial charge on any atom is -0.207 e. The Morgan fingerprint density at radius 3 is 2.93 bits per heavy atom. The highest BCUT2D eigenvalue weighted by Gasteiger charge is 1.89. The number of hydrogen-bond donors (Lipinski definition) is 0. The van der Waals surface area contributed by atoms with E-state index in [4.69, 9.17) is 0 Å². The van der Waals surface area contributed by atoms with E-state index in [9.17, 15) is 4.39 Å². The van der Waals surface area contributed by atoms with Crippen LogP contribution in [0.2, 0.25) is 0 Å². The van der Waals surface area contributed by atoms with E-state index in [1.54, 1.807) is 12.1 Å². The van der Waals surface area contributed by atoms with Crippen LogP contribution in [0.5, 0.6) is 0 Å². The van der Waals surface area contributed by atoms with Gasteiger partial charge in [-0.2, -0.15) is 0 Å². The van der Waals surface area contributed by atoms with Crippen molar-refractivity contribution in [2.75, 3.05) is 0 Å². The first-order chi connectivity index (χ1) is 6.72. The van der Waals surface area contributed by atoms with Crippen molar-refractivity contribution in [3.63, 3.8) is 0 Å². The average molecular weight is 186 g/mol. The van der Waals surface area contributed by atoms with Gasteiger partial charge in [0, 0.05) is 11.1 Å². The number of hydrogen-bond acceptors (Lipinski definition) is 0. The van der Waals surface area contributed by atoms with Gasteiger partial charge in [-0.15, -0.1) is 0 Å². The minimum atomic E-state index is -0.270. The summed E-state index contributed by atoms with van der Waals surface area (Å²) in [5.74, 6) is 5.39. The van der Waals surface area contributed by atoms with E-state index < -0.39 is 0 Å². The Bertz CT molecular complexity index is 416. The Hall–Kier alpha value is -1.81. The van der Waals surface area contributed by atoms with Crippen molar-refractivity contribution in [3.05, 3.63) is 60.0 Å². The molecular weight excluding hydrogens is 175 g/mol. The first-order valence-electron chi connectivity index (χ1n) is 4.31. The van der Waals surface area contributed by atoms with Gasteiger partial charge in [0.2, 0.25) is 0 Å². The van der Waals surface area contributed by atoms with E-state index in [1.165, 1.54) is 12.1 Å². The van der Waals surface area contributed by atoms with Gasteiger partial charge < -0.3 is 0 Å². The Morgan fingerprint density at radius 2 is 2.29 bits per heavy atom. The summed E-state index contributed by atoms with van der Waals surface area (Å²) in [5.41, 5.74) is 1.38. The van der Waals surface area contributed by atoms with Gasteiger partial charge in [0.15, 0.2) is 0 Å². The SMILES string of the molecule is C=C(C#Cc1cccc(F)c1)C=CC. The molecule has 0 spiro atoms. The highest BCUT2D eigenvalue weighted by Crippen LogP contribution is 2.01. The van der Waals surface area contributed by atoms with Crippen molar-refractivity contribution < 1.29 is 4.39 Å².